The summed E-state index contributed by atoms with van der Waals surface area (Å²) in [5.41, 5.74) is 6.02. The van der Waals surface area contributed by atoms with Gasteiger partial charge < -0.3 is 16.0 Å². The van der Waals surface area contributed by atoms with Crippen molar-refractivity contribution in [1.82, 2.24) is 4.90 Å². The lowest BCUT2D eigenvalue weighted by atomic mass is 9.96. The average Bonchev–Trinajstić information content (AvgIpc) is 2.41. The van der Waals surface area contributed by atoms with E-state index in [1.165, 1.54) is 24.3 Å². The van der Waals surface area contributed by atoms with Gasteiger partial charge in [-0.3, -0.25) is 5.41 Å². The summed E-state index contributed by atoms with van der Waals surface area (Å²) in [6, 6.07) is 5.45. The number of nitrogens with zero attached hydrogens (tertiary/aromatic N) is 1. The molecule has 1 aliphatic heterocycles. The first-order valence-electron chi connectivity index (χ1n) is 6.21. The molecule has 1 aliphatic rings. The smallest absolute Gasteiger partial charge is 0.321 e. The van der Waals surface area contributed by atoms with Crippen LogP contribution in [-0.2, 0) is 0 Å². The number of likely N-dealkylation sites (tertiary alicyclic amines) is 1. The van der Waals surface area contributed by atoms with Crippen LogP contribution in [0.15, 0.2) is 24.3 Å². The lowest BCUT2D eigenvalue weighted by Gasteiger charge is -2.31. The number of piperidine rings is 1. The van der Waals surface area contributed by atoms with Crippen LogP contribution in [0.25, 0.3) is 0 Å². The highest BCUT2D eigenvalue weighted by molar-refractivity contribution is 5.89. The molecule has 0 spiro atoms. The van der Waals surface area contributed by atoms with E-state index in [1.54, 1.807) is 4.90 Å². The highest BCUT2D eigenvalue weighted by atomic mass is 19.1. The largest absolute Gasteiger partial charge is 0.387 e. The number of halogens is 1. The number of benzene rings is 1. The zero-order chi connectivity index (χ0) is 13.8. The SMILES string of the molecule is N=C(N)C1CCN(C(=O)Nc2ccc(F)cc2)CC1. The molecule has 2 rings (SSSR count). The van der Waals surface area contributed by atoms with Crippen molar-refractivity contribution in [2.75, 3.05) is 18.4 Å². The molecular formula is C13H17FN4O. The number of hydrogen-bond donors (Lipinski definition) is 3. The molecule has 1 aromatic carbocycles. The number of amidine groups is 1. The standard InChI is InChI=1S/C13H17FN4O/c14-10-1-3-11(4-2-10)17-13(19)18-7-5-9(6-8-18)12(15)16/h1-4,9H,5-8H2,(H3,15,16)(H,17,19). The van der Waals surface area contributed by atoms with E-state index < -0.39 is 0 Å². The number of anilines is 1. The van der Waals surface area contributed by atoms with Gasteiger partial charge in [0.2, 0.25) is 0 Å². The third-order valence-corrected chi connectivity index (χ3v) is 3.32. The summed E-state index contributed by atoms with van der Waals surface area (Å²) in [7, 11) is 0. The lowest BCUT2D eigenvalue weighted by molar-refractivity contribution is 0.193. The first-order chi connectivity index (χ1) is 9.06. The van der Waals surface area contributed by atoms with Crippen molar-refractivity contribution in [3.05, 3.63) is 30.1 Å². The summed E-state index contributed by atoms with van der Waals surface area (Å²) >= 11 is 0. The van der Waals surface area contributed by atoms with Gasteiger partial charge in [-0.25, -0.2) is 9.18 Å². The van der Waals surface area contributed by atoms with Crippen LogP contribution in [0.3, 0.4) is 0 Å². The van der Waals surface area contributed by atoms with Crippen molar-refractivity contribution in [1.29, 1.82) is 5.41 Å². The second kappa shape index (κ2) is 5.69. The minimum absolute atomic E-state index is 0.0786. The molecule has 0 aliphatic carbocycles. The minimum atomic E-state index is -0.333. The van der Waals surface area contributed by atoms with E-state index in [0.29, 0.717) is 31.6 Å². The predicted octanol–water partition coefficient (Wildman–Crippen LogP) is 2.01. The molecular weight excluding hydrogens is 247 g/mol. The van der Waals surface area contributed by atoms with Crippen molar-refractivity contribution >= 4 is 17.6 Å². The molecule has 1 aromatic rings. The Labute approximate surface area is 111 Å². The second-order valence-corrected chi connectivity index (χ2v) is 4.65. The predicted molar refractivity (Wildman–Crippen MR) is 71.6 cm³/mol. The van der Waals surface area contributed by atoms with Gasteiger partial charge in [-0.1, -0.05) is 0 Å². The topological polar surface area (TPSA) is 82.2 Å². The van der Waals surface area contributed by atoms with Crippen LogP contribution in [0, 0.1) is 17.1 Å². The highest BCUT2D eigenvalue weighted by Crippen LogP contribution is 2.18. The fraction of sp³-hybridized carbons (Fsp3) is 0.385. The summed E-state index contributed by atoms with van der Waals surface area (Å²) in [6.45, 7) is 1.16. The van der Waals surface area contributed by atoms with E-state index in [1.807, 2.05) is 0 Å². The van der Waals surface area contributed by atoms with Gasteiger partial charge in [0, 0.05) is 24.7 Å². The molecule has 0 radical (unpaired) electrons. The van der Waals surface area contributed by atoms with Gasteiger partial charge in [-0.05, 0) is 37.1 Å². The number of hydrogen-bond acceptors (Lipinski definition) is 2. The van der Waals surface area contributed by atoms with Gasteiger partial charge in [0.15, 0.2) is 0 Å². The number of nitrogens with one attached hydrogen (secondary N) is 2. The molecule has 0 unspecified atom stereocenters. The first-order valence-corrected chi connectivity index (χ1v) is 6.21. The van der Waals surface area contributed by atoms with E-state index in [-0.39, 0.29) is 23.6 Å². The van der Waals surface area contributed by atoms with Crippen molar-refractivity contribution < 1.29 is 9.18 Å². The number of rotatable bonds is 2. The molecule has 0 saturated carbocycles. The Morgan fingerprint density at radius 2 is 1.89 bits per heavy atom. The molecule has 2 amide bonds. The van der Waals surface area contributed by atoms with E-state index in [2.05, 4.69) is 5.32 Å². The molecule has 0 bridgehead atoms. The van der Waals surface area contributed by atoms with Gasteiger partial charge in [-0.2, -0.15) is 0 Å². The fourth-order valence-corrected chi connectivity index (χ4v) is 2.13. The maximum atomic E-state index is 12.7. The Morgan fingerprint density at radius 3 is 2.42 bits per heavy atom. The van der Waals surface area contributed by atoms with Gasteiger partial charge in [0.1, 0.15) is 5.82 Å². The molecule has 1 saturated heterocycles. The number of amides is 2. The molecule has 19 heavy (non-hydrogen) atoms. The summed E-state index contributed by atoms with van der Waals surface area (Å²) < 4.78 is 12.7. The monoisotopic (exact) mass is 264 g/mol. The molecule has 4 N–H and O–H groups in total. The zero-order valence-corrected chi connectivity index (χ0v) is 10.5. The zero-order valence-electron chi connectivity index (χ0n) is 10.5. The number of carbonyl (C=O) groups is 1. The molecule has 0 atom stereocenters. The molecule has 1 fully saturated rings. The summed E-state index contributed by atoms with van der Waals surface area (Å²) in [5.74, 6) is -0.0614. The van der Waals surface area contributed by atoms with Crippen LogP contribution in [0.5, 0.6) is 0 Å². The molecule has 5 nitrogen and oxygen atoms in total. The van der Waals surface area contributed by atoms with Crippen molar-refractivity contribution in [3.63, 3.8) is 0 Å². The average molecular weight is 264 g/mol. The van der Waals surface area contributed by atoms with Gasteiger partial charge >= 0.3 is 6.03 Å². The Kier molecular flexibility index (Phi) is 3.99. The Morgan fingerprint density at radius 1 is 1.32 bits per heavy atom. The third-order valence-electron chi connectivity index (χ3n) is 3.32. The van der Waals surface area contributed by atoms with Crippen molar-refractivity contribution in [3.8, 4) is 0 Å². The van der Waals surface area contributed by atoms with Gasteiger partial charge in [-0.15, -0.1) is 0 Å². The summed E-state index contributed by atoms with van der Waals surface area (Å²) in [5, 5.41) is 10.1. The molecule has 102 valence electrons. The lowest BCUT2D eigenvalue weighted by Crippen LogP contribution is -2.43. The van der Waals surface area contributed by atoms with Crippen LogP contribution in [0.2, 0.25) is 0 Å². The van der Waals surface area contributed by atoms with Crippen molar-refractivity contribution in [2.45, 2.75) is 12.8 Å². The van der Waals surface area contributed by atoms with Crippen molar-refractivity contribution in [2.24, 2.45) is 11.7 Å². The number of nitrogens with two attached hydrogens (primary N) is 1. The Balaban J connectivity index is 1.88. The number of urea groups is 1. The quantitative estimate of drug-likeness (QED) is 0.564. The van der Waals surface area contributed by atoms with Crippen LogP contribution in [-0.4, -0.2) is 29.9 Å². The van der Waals surface area contributed by atoms with E-state index in [9.17, 15) is 9.18 Å². The van der Waals surface area contributed by atoms with Crippen LogP contribution >= 0.6 is 0 Å². The Hall–Kier alpha value is -2.11. The van der Waals surface area contributed by atoms with E-state index >= 15 is 0 Å². The third kappa shape index (κ3) is 3.43. The maximum absolute atomic E-state index is 12.7. The van der Waals surface area contributed by atoms with Crippen LogP contribution < -0.4 is 11.1 Å². The summed E-state index contributed by atoms with van der Waals surface area (Å²) in [6.07, 6.45) is 1.43. The second-order valence-electron chi connectivity index (χ2n) is 4.65. The summed E-state index contributed by atoms with van der Waals surface area (Å²) in [4.78, 5) is 13.6. The van der Waals surface area contributed by atoms with Gasteiger partial charge in [0.05, 0.1) is 5.84 Å². The Bertz CT molecular complexity index is 466. The van der Waals surface area contributed by atoms with E-state index in [0.717, 1.165) is 0 Å². The normalized spacial score (nSPS) is 16.2. The van der Waals surface area contributed by atoms with Crippen LogP contribution in [0.1, 0.15) is 12.8 Å². The highest BCUT2D eigenvalue weighted by Gasteiger charge is 2.24. The molecule has 0 aromatic heterocycles. The molecule has 6 heteroatoms. The minimum Gasteiger partial charge on any atom is -0.387 e. The fourth-order valence-electron chi connectivity index (χ4n) is 2.13. The number of carbonyl (C=O) groups excluding carboxylic acids is 1. The first kappa shape index (κ1) is 13.3. The van der Waals surface area contributed by atoms with Crippen LogP contribution in [0.4, 0.5) is 14.9 Å². The van der Waals surface area contributed by atoms with Gasteiger partial charge in [0.25, 0.3) is 0 Å². The maximum Gasteiger partial charge on any atom is 0.321 e. The molecule has 1 heterocycles. The van der Waals surface area contributed by atoms with E-state index in [4.69, 9.17) is 11.1 Å².